The molecule has 0 fully saturated rings. The predicted molar refractivity (Wildman–Crippen MR) is 134 cm³/mol. The van der Waals surface area contributed by atoms with E-state index in [0.717, 1.165) is 15.0 Å². The van der Waals surface area contributed by atoms with E-state index in [0.29, 0.717) is 18.0 Å². The molecule has 0 radical (unpaired) electrons. The fourth-order valence-electron chi connectivity index (χ4n) is 2.98. The van der Waals surface area contributed by atoms with Gasteiger partial charge in [0.05, 0.1) is 15.5 Å². The van der Waals surface area contributed by atoms with E-state index < -0.39 is 27.4 Å². The van der Waals surface area contributed by atoms with Gasteiger partial charge >= 0.3 is 0 Å². The number of hydrogen-bond donors (Lipinski definition) is 1. The van der Waals surface area contributed by atoms with E-state index in [1.807, 2.05) is 24.3 Å². The van der Waals surface area contributed by atoms with Crippen molar-refractivity contribution >= 4 is 50.7 Å². The quantitative estimate of drug-likeness (QED) is 0.169. The van der Waals surface area contributed by atoms with Crippen molar-refractivity contribution in [3.8, 4) is 0 Å². The molecule has 0 saturated carbocycles. The van der Waals surface area contributed by atoms with Gasteiger partial charge in [-0.2, -0.15) is 0 Å². The van der Waals surface area contributed by atoms with E-state index >= 15 is 0 Å². The molecule has 34 heavy (non-hydrogen) atoms. The molecule has 0 aliphatic carbocycles. The lowest BCUT2D eigenvalue weighted by atomic mass is 10.3. The number of non-ortho nitro benzene ring substituents is 1. The molecule has 8 nitrogen and oxygen atoms in total. The van der Waals surface area contributed by atoms with Crippen molar-refractivity contribution in [2.24, 2.45) is 0 Å². The minimum atomic E-state index is -4.07. The summed E-state index contributed by atoms with van der Waals surface area (Å²) >= 11 is 7.50. The molecule has 3 aromatic carbocycles. The summed E-state index contributed by atoms with van der Waals surface area (Å²) in [6.45, 7) is -0.0850. The number of halogens is 1. The van der Waals surface area contributed by atoms with Gasteiger partial charge in [-0.3, -0.25) is 19.2 Å². The zero-order valence-corrected chi connectivity index (χ0v) is 20.4. The lowest BCUT2D eigenvalue weighted by Crippen LogP contribution is -2.41. The Morgan fingerprint density at radius 3 is 2.26 bits per heavy atom. The molecule has 0 unspecified atom stereocenters. The molecule has 1 amide bonds. The smallest absolute Gasteiger partial charge is 0.269 e. The molecule has 3 aromatic rings. The van der Waals surface area contributed by atoms with Gasteiger partial charge in [0.15, 0.2) is 0 Å². The summed E-state index contributed by atoms with van der Waals surface area (Å²) in [5.74, 6) is 0.283. The average molecular weight is 520 g/mol. The number of carbonyl (C=O) groups excluding carboxylic acids is 1. The summed E-state index contributed by atoms with van der Waals surface area (Å²) in [5.41, 5.74) is -0.0219. The number of nitrogens with one attached hydrogen (secondary N) is 1. The van der Waals surface area contributed by atoms with Gasteiger partial charge in [-0.05, 0) is 60.7 Å². The second kappa shape index (κ2) is 11.9. The fraction of sp³-hybridized carbons (Fsp3) is 0.174. The maximum Gasteiger partial charge on any atom is 0.269 e. The number of benzene rings is 3. The van der Waals surface area contributed by atoms with Gasteiger partial charge in [0.1, 0.15) is 6.54 Å². The number of amides is 1. The highest BCUT2D eigenvalue weighted by atomic mass is 35.5. The Kier molecular flexibility index (Phi) is 8.91. The van der Waals surface area contributed by atoms with Crippen LogP contribution in [0.15, 0.2) is 88.7 Å². The Bertz CT molecular complexity index is 1220. The van der Waals surface area contributed by atoms with Crippen LogP contribution in [-0.2, 0) is 14.8 Å². The van der Waals surface area contributed by atoms with Crippen LogP contribution in [0.4, 0.5) is 11.4 Å². The topological polar surface area (TPSA) is 110 Å². The maximum atomic E-state index is 13.2. The molecule has 0 spiro atoms. The normalized spacial score (nSPS) is 11.1. The van der Waals surface area contributed by atoms with Crippen LogP contribution < -0.4 is 9.62 Å². The van der Waals surface area contributed by atoms with Crippen molar-refractivity contribution in [3.05, 3.63) is 94.0 Å². The number of nitrogens with zero attached hydrogens (tertiary/aromatic N) is 2. The van der Waals surface area contributed by atoms with Crippen LogP contribution in [0.2, 0.25) is 5.02 Å². The Hall–Kier alpha value is -3.08. The van der Waals surface area contributed by atoms with Gasteiger partial charge in [0.25, 0.3) is 15.7 Å². The zero-order chi connectivity index (χ0) is 24.6. The molecular weight excluding hydrogens is 498 g/mol. The van der Waals surface area contributed by atoms with E-state index in [9.17, 15) is 23.3 Å². The van der Waals surface area contributed by atoms with Gasteiger partial charge in [-0.1, -0.05) is 29.8 Å². The summed E-state index contributed by atoms with van der Waals surface area (Å²) in [4.78, 5) is 24.1. The molecule has 0 aromatic heterocycles. The summed E-state index contributed by atoms with van der Waals surface area (Å²) in [7, 11) is -4.07. The molecular formula is C23H22ClN3O5S2. The number of rotatable bonds is 11. The molecule has 0 heterocycles. The first-order valence-electron chi connectivity index (χ1n) is 10.2. The number of carbonyl (C=O) groups is 1. The lowest BCUT2D eigenvalue weighted by molar-refractivity contribution is -0.384. The molecule has 0 aliphatic rings. The zero-order valence-electron chi connectivity index (χ0n) is 18.0. The monoisotopic (exact) mass is 519 g/mol. The van der Waals surface area contributed by atoms with Crippen molar-refractivity contribution in [1.82, 2.24) is 5.32 Å². The first kappa shape index (κ1) is 25.5. The Balaban J connectivity index is 1.65. The third-order valence-corrected chi connectivity index (χ3v) is 7.83. The highest BCUT2D eigenvalue weighted by Gasteiger charge is 2.27. The van der Waals surface area contributed by atoms with E-state index in [1.54, 1.807) is 30.0 Å². The number of hydrogen-bond acceptors (Lipinski definition) is 6. The summed E-state index contributed by atoms with van der Waals surface area (Å²) in [5, 5.41) is 14.4. The molecule has 0 atom stereocenters. The molecule has 0 aliphatic heterocycles. The highest BCUT2D eigenvalue weighted by molar-refractivity contribution is 7.99. The van der Waals surface area contributed by atoms with Crippen LogP contribution in [-0.4, -0.2) is 38.1 Å². The van der Waals surface area contributed by atoms with E-state index in [-0.39, 0.29) is 16.3 Å². The number of nitro benzene ring substituents is 1. The maximum absolute atomic E-state index is 13.2. The van der Waals surface area contributed by atoms with E-state index in [1.165, 1.54) is 36.4 Å². The Morgan fingerprint density at radius 1 is 1.00 bits per heavy atom. The van der Waals surface area contributed by atoms with Crippen LogP contribution in [0, 0.1) is 10.1 Å². The van der Waals surface area contributed by atoms with Gasteiger partial charge in [0.2, 0.25) is 5.91 Å². The van der Waals surface area contributed by atoms with Gasteiger partial charge in [0, 0.05) is 28.6 Å². The largest absolute Gasteiger partial charge is 0.354 e. The van der Waals surface area contributed by atoms with E-state index in [2.05, 4.69) is 5.32 Å². The minimum Gasteiger partial charge on any atom is -0.354 e. The molecule has 11 heteroatoms. The van der Waals surface area contributed by atoms with Crippen molar-refractivity contribution < 1.29 is 18.1 Å². The van der Waals surface area contributed by atoms with Crippen LogP contribution in [0.5, 0.6) is 0 Å². The minimum absolute atomic E-state index is 0.0144. The number of thioether (sulfide) groups is 1. The van der Waals surface area contributed by atoms with Gasteiger partial charge in [-0.25, -0.2) is 8.42 Å². The number of sulfonamides is 1. The number of anilines is 1. The van der Waals surface area contributed by atoms with Crippen molar-refractivity contribution in [2.75, 3.05) is 23.1 Å². The van der Waals surface area contributed by atoms with Crippen LogP contribution in [0.3, 0.4) is 0 Å². The van der Waals surface area contributed by atoms with Crippen LogP contribution in [0.25, 0.3) is 0 Å². The molecule has 3 rings (SSSR count). The standard InChI is InChI=1S/C23H22ClN3O5S2/c24-18-7-13-21(14-8-18)33-16-4-15-25-23(28)17-26(19-9-11-20(12-10-19)27(29)30)34(31,32)22-5-2-1-3-6-22/h1-3,5-14H,4,15-17H2,(H,25,28). The third kappa shape index (κ3) is 6.96. The fourth-order valence-corrected chi connectivity index (χ4v) is 5.40. The molecule has 0 bridgehead atoms. The second-order valence-corrected chi connectivity index (χ2v) is 10.6. The first-order chi connectivity index (χ1) is 16.3. The van der Waals surface area contributed by atoms with Gasteiger partial charge < -0.3 is 5.32 Å². The highest BCUT2D eigenvalue weighted by Crippen LogP contribution is 2.26. The predicted octanol–water partition coefficient (Wildman–Crippen LogP) is 4.74. The van der Waals surface area contributed by atoms with Crippen LogP contribution >= 0.6 is 23.4 Å². The molecule has 178 valence electrons. The van der Waals surface area contributed by atoms with Crippen molar-refractivity contribution in [3.63, 3.8) is 0 Å². The van der Waals surface area contributed by atoms with Crippen LogP contribution in [0.1, 0.15) is 6.42 Å². The van der Waals surface area contributed by atoms with E-state index in [4.69, 9.17) is 11.6 Å². The average Bonchev–Trinajstić information content (AvgIpc) is 2.84. The van der Waals surface area contributed by atoms with Gasteiger partial charge in [-0.15, -0.1) is 11.8 Å². The SMILES string of the molecule is O=C(CN(c1ccc([N+](=O)[O-])cc1)S(=O)(=O)c1ccccc1)NCCCSc1ccc(Cl)cc1. The van der Waals surface area contributed by atoms with Crippen molar-refractivity contribution in [2.45, 2.75) is 16.2 Å². The first-order valence-corrected chi connectivity index (χ1v) is 13.0. The molecule has 1 N–H and O–H groups in total. The summed E-state index contributed by atoms with van der Waals surface area (Å²) in [6, 6.07) is 20.2. The lowest BCUT2D eigenvalue weighted by Gasteiger charge is -2.24. The Labute approximate surface area is 207 Å². The molecule has 0 saturated heterocycles. The van der Waals surface area contributed by atoms with Crippen molar-refractivity contribution in [1.29, 1.82) is 0 Å². The third-order valence-electron chi connectivity index (χ3n) is 4.69. The second-order valence-electron chi connectivity index (χ2n) is 7.10. The number of nitro groups is 1. The summed E-state index contributed by atoms with van der Waals surface area (Å²) < 4.78 is 27.4. The summed E-state index contributed by atoms with van der Waals surface area (Å²) in [6.07, 6.45) is 0.683. The Morgan fingerprint density at radius 2 is 1.65 bits per heavy atom.